The molecule has 0 amide bonds. The lowest BCUT2D eigenvalue weighted by Gasteiger charge is -2.22. The second-order valence-electron chi connectivity index (χ2n) is 4.31. The normalized spacial score (nSPS) is 17.7. The summed E-state index contributed by atoms with van der Waals surface area (Å²) in [7, 11) is 0. The van der Waals surface area contributed by atoms with Crippen molar-refractivity contribution in [2.45, 2.75) is 19.0 Å². The molecular formula is C12H13F3N2O. The number of hydrogen-bond acceptors (Lipinski definition) is 3. The average molecular weight is 258 g/mol. The van der Waals surface area contributed by atoms with E-state index in [9.17, 15) is 18.0 Å². The van der Waals surface area contributed by atoms with E-state index in [0.29, 0.717) is 25.9 Å². The summed E-state index contributed by atoms with van der Waals surface area (Å²) in [5.74, 6) is -0.784. The lowest BCUT2D eigenvalue weighted by Crippen LogP contribution is -2.32. The minimum Gasteiger partial charge on any atom is -0.317 e. The van der Waals surface area contributed by atoms with E-state index in [0.717, 1.165) is 18.5 Å². The monoisotopic (exact) mass is 258 g/mol. The molecule has 18 heavy (non-hydrogen) atoms. The molecule has 0 spiro atoms. The first kappa shape index (κ1) is 13.0. The summed E-state index contributed by atoms with van der Waals surface area (Å²) < 4.78 is 38.4. The van der Waals surface area contributed by atoms with Gasteiger partial charge in [0.05, 0.1) is 5.56 Å². The van der Waals surface area contributed by atoms with Crippen molar-refractivity contribution in [3.63, 3.8) is 0 Å². The molecule has 2 rings (SSSR count). The summed E-state index contributed by atoms with van der Waals surface area (Å²) in [6.45, 7) is 1.33. The fourth-order valence-electron chi connectivity index (χ4n) is 2.14. The van der Waals surface area contributed by atoms with Crippen molar-refractivity contribution < 1.29 is 18.0 Å². The van der Waals surface area contributed by atoms with Crippen molar-refractivity contribution in [2.24, 2.45) is 5.92 Å². The van der Waals surface area contributed by atoms with Crippen molar-refractivity contribution in [1.82, 2.24) is 10.3 Å². The Bertz CT molecular complexity index is 439. The van der Waals surface area contributed by atoms with E-state index in [-0.39, 0.29) is 11.5 Å². The smallest absolute Gasteiger partial charge is 0.317 e. The highest BCUT2D eigenvalue weighted by molar-refractivity contribution is 5.99. The van der Waals surface area contributed by atoms with Crippen LogP contribution in [0.2, 0.25) is 0 Å². The van der Waals surface area contributed by atoms with Crippen LogP contribution in [-0.2, 0) is 6.18 Å². The van der Waals surface area contributed by atoms with Gasteiger partial charge in [0.2, 0.25) is 0 Å². The Balaban J connectivity index is 2.30. The number of rotatable bonds is 2. The Morgan fingerprint density at radius 2 is 2.00 bits per heavy atom. The van der Waals surface area contributed by atoms with Gasteiger partial charge in [0, 0.05) is 23.9 Å². The third kappa shape index (κ3) is 2.69. The fourth-order valence-corrected chi connectivity index (χ4v) is 2.14. The van der Waals surface area contributed by atoms with Gasteiger partial charge < -0.3 is 5.32 Å². The summed E-state index contributed by atoms with van der Waals surface area (Å²) in [6.07, 6.45) is -1.29. The molecule has 0 bridgehead atoms. The molecule has 1 fully saturated rings. The molecule has 0 radical (unpaired) electrons. The molecule has 0 aromatic carbocycles. The molecule has 0 saturated carbocycles. The van der Waals surface area contributed by atoms with E-state index in [2.05, 4.69) is 10.3 Å². The van der Waals surface area contributed by atoms with E-state index in [1.165, 1.54) is 0 Å². The zero-order valence-corrected chi connectivity index (χ0v) is 9.63. The second-order valence-corrected chi connectivity index (χ2v) is 4.31. The predicted octanol–water partition coefficient (Wildman–Crippen LogP) is 2.28. The van der Waals surface area contributed by atoms with Gasteiger partial charge in [-0.05, 0) is 32.0 Å². The molecule has 1 N–H and O–H groups in total. The van der Waals surface area contributed by atoms with Crippen molar-refractivity contribution in [3.05, 3.63) is 29.6 Å². The van der Waals surface area contributed by atoms with Crippen LogP contribution in [0.4, 0.5) is 13.2 Å². The van der Waals surface area contributed by atoms with E-state index < -0.39 is 17.5 Å². The SMILES string of the molecule is O=C(c1cnccc1C(F)(F)F)C1CCNCC1. The van der Waals surface area contributed by atoms with Crippen molar-refractivity contribution in [3.8, 4) is 0 Å². The average Bonchev–Trinajstić information content (AvgIpc) is 2.38. The molecule has 0 unspecified atom stereocenters. The van der Waals surface area contributed by atoms with Gasteiger partial charge in [-0.25, -0.2) is 0 Å². The molecule has 6 heteroatoms. The number of alkyl halides is 3. The minimum absolute atomic E-state index is 0.308. The maximum atomic E-state index is 12.8. The highest BCUT2D eigenvalue weighted by Crippen LogP contribution is 2.33. The minimum atomic E-state index is -4.51. The van der Waals surface area contributed by atoms with E-state index in [1.54, 1.807) is 0 Å². The van der Waals surface area contributed by atoms with Crippen LogP contribution in [0, 0.1) is 5.92 Å². The van der Waals surface area contributed by atoms with Crippen molar-refractivity contribution in [1.29, 1.82) is 0 Å². The van der Waals surface area contributed by atoms with Gasteiger partial charge in [-0.15, -0.1) is 0 Å². The quantitative estimate of drug-likeness (QED) is 0.827. The van der Waals surface area contributed by atoms with Crippen molar-refractivity contribution >= 4 is 5.78 Å². The number of halogens is 3. The molecule has 0 aliphatic carbocycles. The first-order valence-corrected chi connectivity index (χ1v) is 5.76. The Labute approximate surface area is 102 Å². The number of piperidine rings is 1. The van der Waals surface area contributed by atoms with Crippen LogP contribution in [0.15, 0.2) is 18.5 Å². The van der Waals surface area contributed by atoms with Gasteiger partial charge in [-0.1, -0.05) is 0 Å². The number of nitrogens with zero attached hydrogens (tertiary/aromatic N) is 1. The first-order chi connectivity index (χ1) is 8.50. The van der Waals surface area contributed by atoms with Crippen LogP contribution in [0.3, 0.4) is 0 Å². The first-order valence-electron chi connectivity index (χ1n) is 5.76. The molecule has 1 aliphatic heterocycles. The number of pyridine rings is 1. The molecule has 1 aromatic rings. The lowest BCUT2D eigenvalue weighted by molar-refractivity contribution is -0.138. The Morgan fingerprint density at radius 3 is 2.61 bits per heavy atom. The van der Waals surface area contributed by atoms with Crippen LogP contribution >= 0.6 is 0 Å². The Hall–Kier alpha value is -1.43. The summed E-state index contributed by atoms with van der Waals surface area (Å²) in [6, 6.07) is 0.855. The third-order valence-electron chi connectivity index (χ3n) is 3.10. The third-order valence-corrected chi connectivity index (χ3v) is 3.10. The number of carbonyl (C=O) groups is 1. The number of carbonyl (C=O) groups excluding carboxylic acids is 1. The van der Waals surface area contributed by atoms with E-state index >= 15 is 0 Å². The van der Waals surface area contributed by atoms with E-state index in [1.807, 2.05) is 0 Å². The molecular weight excluding hydrogens is 245 g/mol. The van der Waals surface area contributed by atoms with Gasteiger partial charge in [0.25, 0.3) is 0 Å². The van der Waals surface area contributed by atoms with Gasteiger partial charge in [-0.2, -0.15) is 13.2 Å². The predicted molar refractivity (Wildman–Crippen MR) is 59.2 cm³/mol. The van der Waals surface area contributed by atoms with Crippen LogP contribution in [0.5, 0.6) is 0 Å². The Morgan fingerprint density at radius 1 is 1.33 bits per heavy atom. The van der Waals surface area contributed by atoms with Gasteiger partial charge in [0.1, 0.15) is 0 Å². The summed E-state index contributed by atoms with van der Waals surface area (Å²) in [5.41, 5.74) is -1.20. The summed E-state index contributed by atoms with van der Waals surface area (Å²) in [4.78, 5) is 15.7. The highest BCUT2D eigenvalue weighted by Gasteiger charge is 2.36. The molecule has 1 aromatic heterocycles. The van der Waals surface area contributed by atoms with Gasteiger partial charge in [-0.3, -0.25) is 9.78 Å². The number of hydrogen-bond donors (Lipinski definition) is 1. The zero-order valence-electron chi connectivity index (χ0n) is 9.63. The molecule has 98 valence electrons. The fraction of sp³-hybridized carbons (Fsp3) is 0.500. The van der Waals surface area contributed by atoms with Crippen LogP contribution in [0.1, 0.15) is 28.8 Å². The number of Topliss-reactive ketones (excluding diaryl/α,β-unsaturated/α-hetero) is 1. The molecule has 1 aliphatic rings. The van der Waals surface area contributed by atoms with Crippen LogP contribution in [0.25, 0.3) is 0 Å². The van der Waals surface area contributed by atoms with Gasteiger partial charge in [0.15, 0.2) is 5.78 Å². The van der Waals surface area contributed by atoms with Crippen LogP contribution < -0.4 is 5.32 Å². The largest absolute Gasteiger partial charge is 0.417 e. The number of nitrogens with one attached hydrogen (secondary N) is 1. The maximum absolute atomic E-state index is 12.8. The topological polar surface area (TPSA) is 42.0 Å². The number of aromatic nitrogens is 1. The summed E-state index contributed by atoms with van der Waals surface area (Å²) >= 11 is 0. The molecule has 1 saturated heterocycles. The van der Waals surface area contributed by atoms with Gasteiger partial charge >= 0.3 is 6.18 Å². The highest BCUT2D eigenvalue weighted by atomic mass is 19.4. The van der Waals surface area contributed by atoms with Crippen LogP contribution in [-0.4, -0.2) is 23.9 Å². The standard InChI is InChI=1S/C12H13F3N2O/c13-12(14,15)10-3-6-17-7-9(10)11(18)8-1-4-16-5-2-8/h3,6-8,16H,1-2,4-5H2. The molecule has 2 heterocycles. The van der Waals surface area contributed by atoms with Crippen molar-refractivity contribution in [2.75, 3.05) is 13.1 Å². The zero-order chi connectivity index (χ0) is 13.2. The number of ketones is 1. The summed E-state index contributed by atoms with van der Waals surface area (Å²) in [5, 5.41) is 3.08. The maximum Gasteiger partial charge on any atom is 0.417 e. The molecule has 3 nitrogen and oxygen atoms in total. The Kier molecular flexibility index (Phi) is 3.65. The van der Waals surface area contributed by atoms with E-state index in [4.69, 9.17) is 0 Å². The lowest BCUT2D eigenvalue weighted by atomic mass is 9.88. The molecule has 0 atom stereocenters. The second kappa shape index (κ2) is 5.06.